The number of ether oxygens (including phenoxy) is 1. The molecule has 1 fully saturated rings. The molecule has 0 aliphatic carbocycles. The van der Waals surface area contributed by atoms with Crippen molar-refractivity contribution >= 4 is 34.4 Å². The fraction of sp³-hybridized carbons (Fsp3) is 0.381. The van der Waals surface area contributed by atoms with E-state index in [1.54, 1.807) is 11.8 Å². The molecule has 1 N–H and O–H groups in total. The zero-order chi connectivity index (χ0) is 20.4. The largest absolute Gasteiger partial charge is 0.467 e. The molecule has 1 saturated heterocycles. The Morgan fingerprint density at radius 3 is 2.69 bits per heavy atom. The second kappa shape index (κ2) is 7.98. The number of hydrogen-bond acceptors (Lipinski definition) is 5. The number of carbonyl (C=O) groups excluding carboxylic acids is 2. The molecule has 0 bridgehead atoms. The molecule has 3 aromatic rings. The van der Waals surface area contributed by atoms with Gasteiger partial charge in [0.05, 0.1) is 23.7 Å². The average molecular weight is 395 g/mol. The number of fused-ring (bicyclic) bond motifs is 3. The van der Waals surface area contributed by atoms with Crippen LogP contribution in [0.1, 0.15) is 13.3 Å². The van der Waals surface area contributed by atoms with Crippen molar-refractivity contribution in [3.8, 4) is 0 Å². The highest BCUT2D eigenvalue weighted by atomic mass is 16.5. The third-order valence-corrected chi connectivity index (χ3v) is 5.32. The number of carbonyl (C=O) groups is 2. The first kappa shape index (κ1) is 19.0. The van der Waals surface area contributed by atoms with Gasteiger partial charge in [0, 0.05) is 32.4 Å². The first-order valence-corrected chi connectivity index (χ1v) is 9.82. The Labute approximate surface area is 169 Å². The molecule has 0 radical (unpaired) electrons. The summed E-state index contributed by atoms with van der Waals surface area (Å²) in [4.78, 5) is 33.0. The lowest BCUT2D eigenvalue weighted by molar-refractivity contribution is -0.142. The van der Waals surface area contributed by atoms with Crippen LogP contribution >= 0.6 is 0 Å². The van der Waals surface area contributed by atoms with E-state index in [0.29, 0.717) is 19.6 Å². The number of anilines is 1. The van der Waals surface area contributed by atoms with Crippen molar-refractivity contribution in [1.29, 1.82) is 0 Å². The molecule has 0 spiro atoms. The van der Waals surface area contributed by atoms with Crippen molar-refractivity contribution in [3.05, 3.63) is 42.6 Å². The highest BCUT2D eigenvalue weighted by Gasteiger charge is 2.24. The summed E-state index contributed by atoms with van der Waals surface area (Å²) in [6.07, 6.45) is 2.87. The predicted octanol–water partition coefficient (Wildman–Crippen LogP) is 2.27. The molecule has 0 unspecified atom stereocenters. The van der Waals surface area contributed by atoms with Crippen molar-refractivity contribution in [2.24, 2.45) is 0 Å². The van der Waals surface area contributed by atoms with Gasteiger partial charge in [0.15, 0.2) is 5.82 Å². The highest BCUT2D eigenvalue weighted by molar-refractivity contribution is 5.85. The van der Waals surface area contributed by atoms with Gasteiger partial charge in [-0.1, -0.05) is 12.1 Å². The van der Waals surface area contributed by atoms with Gasteiger partial charge in [0.1, 0.15) is 6.04 Å². The minimum atomic E-state index is -0.672. The molecule has 29 heavy (non-hydrogen) atoms. The summed E-state index contributed by atoms with van der Waals surface area (Å²) in [7, 11) is 1.31. The Hall–Kier alpha value is -3.29. The monoisotopic (exact) mass is 395 g/mol. The van der Waals surface area contributed by atoms with Gasteiger partial charge >= 0.3 is 12.0 Å². The fourth-order valence-corrected chi connectivity index (χ4v) is 3.78. The van der Waals surface area contributed by atoms with E-state index in [4.69, 9.17) is 4.98 Å². The number of nitrogens with one attached hydrogen (secondary N) is 1. The van der Waals surface area contributed by atoms with Crippen LogP contribution in [0, 0.1) is 0 Å². The SMILES string of the molecule is COC(=O)[C@H](C)NC(=O)N1CCCN(c2nc3ccccc3n3cccc23)CC1. The van der Waals surface area contributed by atoms with E-state index >= 15 is 0 Å². The standard InChI is InChI=1S/C21H25N5O3/c1-15(20(27)29-2)22-21(28)25-11-6-10-24(13-14-25)19-18-9-5-12-26(18)17-8-4-3-7-16(17)23-19/h3-5,7-9,12,15H,6,10-11,13-14H2,1-2H3,(H,22,28)/t15-/m0/s1. The predicted molar refractivity (Wildman–Crippen MR) is 111 cm³/mol. The van der Waals surface area contributed by atoms with E-state index in [-0.39, 0.29) is 6.03 Å². The minimum Gasteiger partial charge on any atom is -0.467 e. The number of nitrogens with zero attached hydrogens (tertiary/aromatic N) is 4. The van der Waals surface area contributed by atoms with Crippen molar-refractivity contribution in [2.45, 2.75) is 19.4 Å². The number of benzene rings is 1. The third kappa shape index (κ3) is 3.70. The Morgan fingerprint density at radius 1 is 1.07 bits per heavy atom. The van der Waals surface area contributed by atoms with Gasteiger partial charge in [-0.05, 0) is 37.6 Å². The van der Waals surface area contributed by atoms with Crippen LogP contribution in [0.2, 0.25) is 0 Å². The summed E-state index contributed by atoms with van der Waals surface area (Å²) in [5.74, 6) is 0.477. The molecule has 2 amide bonds. The first-order chi connectivity index (χ1) is 14.1. The minimum absolute atomic E-state index is 0.246. The van der Waals surface area contributed by atoms with Gasteiger partial charge in [0.25, 0.3) is 0 Å². The van der Waals surface area contributed by atoms with Gasteiger partial charge in [-0.2, -0.15) is 0 Å². The maximum absolute atomic E-state index is 12.5. The van der Waals surface area contributed by atoms with Crippen LogP contribution in [0.3, 0.4) is 0 Å². The molecule has 8 heteroatoms. The zero-order valence-electron chi connectivity index (χ0n) is 16.7. The number of esters is 1. The molecule has 152 valence electrons. The summed E-state index contributed by atoms with van der Waals surface area (Å²) >= 11 is 0. The Morgan fingerprint density at radius 2 is 1.86 bits per heavy atom. The van der Waals surface area contributed by atoms with Crippen LogP contribution < -0.4 is 10.2 Å². The number of hydrogen-bond donors (Lipinski definition) is 1. The normalized spacial score (nSPS) is 15.9. The molecule has 1 aliphatic rings. The molecule has 8 nitrogen and oxygen atoms in total. The smallest absolute Gasteiger partial charge is 0.328 e. The maximum Gasteiger partial charge on any atom is 0.328 e. The van der Waals surface area contributed by atoms with Crippen molar-refractivity contribution < 1.29 is 14.3 Å². The van der Waals surface area contributed by atoms with Crippen LogP contribution in [0.4, 0.5) is 10.6 Å². The molecular formula is C21H25N5O3. The summed E-state index contributed by atoms with van der Waals surface area (Å²) < 4.78 is 6.83. The topological polar surface area (TPSA) is 79.2 Å². The van der Waals surface area contributed by atoms with Crippen molar-refractivity contribution in [3.63, 3.8) is 0 Å². The first-order valence-electron chi connectivity index (χ1n) is 9.82. The van der Waals surface area contributed by atoms with E-state index in [0.717, 1.165) is 35.3 Å². The average Bonchev–Trinajstić information content (AvgIpc) is 3.10. The van der Waals surface area contributed by atoms with E-state index in [9.17, 15) is 9.59 Å². The molecule has 2 aromatic heterocycles. The zero-order valence-corrected chi connectivity index (χ0v) is 16.7. The summed E-state index contributed by atoms with van der Waals surface area (Å²) in [6, 6.07) is 11.3. The quantitative estimate of drug-likeness (QED) is 0.689. The molecule has 3 heterocycles. The Kier molecular flexibility index (Phi) is 5.24. The highest BCUT2D eigenvalue weighted by Crippen LogP contribution is 2.26. The van der Waals surface area contributed by atoms with Gasteiger partial charge < -0.3 is 24.3 Å². The summed E-state index contributed by atoms with van der Waals surface area (Å²) in [5.41, 5.74) is 3.07. The Balaban J connectivity index is 1.53. The number of para-hydroxylation sites is 2. The van der Waals surface area contributed by atoms with E-state index in [1.165, 1.54) is 7.11 Å². The van der Waals surface area contributed by atoms with E-state index < -0.39 is 12.0 Å². The van der Waals surface area contributed by atoms with Crippen LogP contribution in [-0.2, 0) is 9.53 Å². The van der Waals surface area contributed by atoms with Crippen LogP contribution in [0.5, 0.6) is 0 Å². The maximum atomic E-state index is 12.5. The molecule has 1 aliphatic heterocycles. The van der Waals surface area contributed by atoms with Crippen LogP contribution in [0.25, 0.3) is 16.6 Å². The third-order valence-electron chi connectivity index (χ3n) is 5.32. The molecular weight excluding hydrogens is 370 g/mol. The summed E-state index contributed by atoms with van der Waals surface area (Å²) in [6.45, 7) is 4.28. The lowest BCUT2D eigenvalue weighted by Gasteiger charge is -2.25. The Bertz CT molecular complexity index is 1050. The van der Waals surface area contributed by atoms with Gasteiger partial charge in [0.2, 0.25) is 0 Å². The van der Waals surface area contributed by atoms with E-state index in [1.807, 2.05) is 24.3 Å². The molecule has 0 saturated carbocycles. The van der Waals surface area contributed by atoms with Crippen LogP contribution in [0.15, 0.2) is 42.6 Å². The van der Waals surface area contributed by atoms with E-state index in [2.05, 4.69) is 37.7 Å². The van der Waals surface area contributed by atoms with Gasteiger partial charge in [-0.15, -0.1) is 0 Å². The number of urea groups is 1. The van der Waals surface area contributed by atoms with Gasteiger partial charge in [-0.25, -0.2) is 14.6 Å². The van der Waals surface area contributed by atoms with Crippen molar-refractivity contribution in [1.82, 2.24) is 19.6 Å². The van der Waals surface area contributed by atoms with Crippen molar-refractivity contribution in [2.75, 3.05) is 38.2 Å². The number of methoxy groups -OCH3 is 1. The lowest BCUT2D eigenvalue weighted by Crippen LogP contribution is -2.48. The number of amides is 2. The fourth-order valence-electron chi connectivity index (χ4n) is 3.78. The lowest BCUT2D eigenvalue weighted by atomic mass is 10.3. The van der Waals surface area contributed by atoms with Gasteiger partial charge in [-0.3, -0.25) is 0 Å². The molecule has 4 rings (SSSR count). The number of aromatic nitrogens is 2. The molecule has 1 atom stereocenters. The number of rotatable bonds is 3. The second-order valence-electron chi connectivity index (χ2n) is 7.21. The second-order valence-corrected chi connectivity index (χ2v) is 7.21. The van der Waals surface area contributed by atoms with Crippen LogP contribution in [-0.4, -0.2) is 65.6 Å². The summed E-state index contributed by atoms with van der Waals surface area (Å²) in [5, 5.41) is 2.71. The molecule has 1 aromatic carbocycles.